The van der Waals surface area contributed by atoms with E-state index in [-0.39, 0.29) is 33.7 Å². The third-order valence-corrected chi connectivity index (χ3v) is 15.1. The van der Waals surface area contributed by atoms with Gasteiger partial charge in [-0.15, -0.1) is 0 Å². The molecule has 0 spiro atoms. The zero-order valence-electron chi connectivity index (χ0n) is 66.2. The Morgan fingerprint density at radius 1 is 0.289 bits per heavy atom. The van der Waals surface area contributed by atoms with E-state index in [4.69, 9.17) is 85.3 Å². The van der Waals surface area contributed by atoms with Crippen molar-refractivity contribution in [1.82, 2.24) is 20.0 Å². The Labute approximate surface area is 592 Å². The molecule has 0 bridgehead atoms. The molecule has 0 radical (unpaired) electrons. The lowest BCUT2D eigenvalue weighted by molar-refractivity contribution is -0.187. The molecule has 0 heterocycles. The van der Waals surface area contributed by atoms with Crippen LogP contribution in [-0.4, -0.2) is 304 Å². The SMILES string of the molecule is CC(C)(C)CCNC(=O)CCOCCCCOC(C)(C)CN(CCOCCOCCCCOCCOCCOC(C)(C)C)C(C)(C)N(CCOCCOCCCOCCOCCOC(C)(C)C)C(C)(C)N(CCOCCOCCOCCOCCOCCOC(C)(C)C)C(C)(C)C. The monoisotopic (exact) mass is 1400 g/mol. The highest BCUT2D eigenvalue weighted by atomic mass is 16.6. The van der Waals surface area contributed by atoms with Crippen LogP contribution in [0.5, 0.6) is 0 Å². The summed E-state index contributed by atoms with van der Waals surface area (Å²) in [4.78, 5) is 20.0. The van der Waals surface area contributed by atoms with Gasteiger partial charge in [-0.3, -0.25) is 19.5 Å². The van der Waals surface area contributed by atoms with E-state index in [1.54, 1.807) is 0 Å². The van der Waals surface area contributed by atoms with Crippen molar-refractivity contribution in [2.24, 2.45) is 5.41 Å². The minimum Gasteiger partial charge on any atom is -0.381 e. The molecule has 0 saturated heterocycles. The number of rotatable bonds is 68. The molecule has 1 amide bonds. The summed E-state index contributed by atoms with van der Waals surface area (Å²) in [5.74, 6) is 0.0281. The van der Waals surface area contributed by atoms with Gasteiger partial charge in [-0.25, -0.2) is 0 Å². The fourth-order valence-electron chi connectivity index (χ4n) is 10.2. The van der Waals surface area contributed by atoms with Gasteiger partial charge in [0.1, 0.15) is 0 Å². The lowest BCUT2D eigenvalue weighted by atomic mass is 9.92. The van der Waals surface area contributed by atoms with Crippen molar-refractivity contribution in [1.29, 1.82) is 0 Å². The number of ether oxygens (including phenoxy) is 18. The number of nitrogens with one attached hydrogen (secondary N) is 1. The van der Waals surface area contributed by atoms with Crippen LogP contribution in [0.1, 0.15) is 190 Å². The molecule has 0 aromatic carbocycles. The van der Waals surface area contributed by atoms with Crippen LogP contribution < -0.4 is 5.32 Å². The lowest BCUT2D eigenvalue weighted by Gasteiger charge is -2.60. The minimum absolute atomic E-state index is 0.0281. The van der Waals surface area contributed by atoms with Crippen molar-refractivity contribution in [3.05, 3.63) is 0 Å². The normalized spacial score (nSPS) is 13.4. The van der Waals surface area contributed by atoms with E-state index in [2.05, 4.69) is 103 Å². The third kappa shape index (κ3) is 60.7. The Hall–Kier alpha value is -1.37. The van der Waals surface area contributed by atoms with Gasteiger partial charge in [0, 0.05) is 84.3 Å². The maximum absolute atomic E-state index is 12.4. The van der Waals surface area contributed by atoms with Crippen molar-refractivity contribution < 1.29 is 90.1 Å². The number of hydrogen-bond acceptors (Lipinski definition) is 22. The third-order valence-electron chi connectivity index (χ3n) is 15.1. The maximum Gasteiger partial charge on any atom is 0.222 e. The molecule has 23 nitrogen and oxygen atoms in total. The van der Waals surface area contributed by atoms with Crippen LogP contribution in [-0.2, 0) is 90.1 Å². The second kappa shape index (κ2) is 56.1. The van der Waals surface area contributed by atoms with E-state index in [1.807, 2.05) is 62.3 Å². The van der Waals surface area contributed by atoms with Gasteiger partial charge in [0.05, 0.1) is 206 Å². The average molecular weight is 1400 g/mol. The molecule has 0 aliphatic heterocycles. The van der Waals surface area contributed by atoms with Crippen LogP contribution in [0.25, 0.3) is 0 Å². The fourth-order valence-corrected chi connectivity index (χ4v) is 10.2. The number of carbonyl (C=O) groups excluding carboxylic acids is 1. The fraction of sp³-hybridized carbons (Fsp3) is 0.986. The van der Waals surface area contributed by atoms with Gasteiger partial charge in [0.25, 0.3) is 0 Å². The number of carbonyl (C=O) groups is 1. The van der Waals surface area contributed by atoms with Crippen LogP contribution in [0.3, 0.4) is 0 Å². The van der Waals surface area contributed by atoms with Crippen molar-refractivity contribution in [3.8, 4) is 0 Å². The predicted octanol–water partition coefficient (Wildman–Crippen LogP) is 10.5. The van der Waals surface area contributed by atoms with Crippen LogP contribution >= 0.6 is 0 Å². The number of hydrogen-bond donors (Lipinski definition) is 1. The second-order valence-corrected chi connectivity index (χ2v) is 31.1. The van der Waals surface area contributed by atoms with E-state index >= 15 is 0 Å². The summed E-state index contributed by atoms with van der Waals surface area (Å²) < 4.78 is 107. The molecule has 1 N–H and O–H groups in total. The smallest absolute Gasteiger partial charge is 0.222 e. The number of amides is 1. The molecule has 0 saturated carbocycles. The lowest BCUT2D eigenvalue weighted by Crippen LogP contribution is -2.72. The summed E-state index contributed by atoms with van der Waals surface area (Å²) in [6, 6.07) is 0. The molecule has 582 valence electrons. The van der Waals surface area contributed by atoms with Crippen LogP contribution in [0, 0.1) is 5.41 Å². The first kappa shape index (κ1) is 95.6. The van der Waals surface area contributed by atoms with E-state index < -0.39 is 16.9 Å². The summed E-state index contributed by atoms with van der Waals surface area (Å²) in [5, 5.41) is 3.02. The van der Waals surface area contributed by atoms with Crippen molar-refractivity contribution in [3.63, 3.8) is 0 Å². The maximum atomic E-state index is 12.4. The molecule has 0 atom stereocenters. The quantitative estimate of drug-likeness (QED) is 0.0444. The summed E-state index contributed by atoms with van der Waals surface area (Å²) in [5.41, 5.74) is -2.24. The van der Waals surface area contributed by atoms with Gasteiger partial charge in [-0.1, -0.05) is 20.8 Å². The summed E-state index contributed by atoms with van der Waals surface area (Å²) in [6.07, 6.45) is 5.54. The molecule has 0 rings (SSSR count). The molecular formula is C74H152N4O19. The van der Waals surface area contributed by atoms with Crippen molar-refractivity contribution in [2.75, 3.05) is 244 Å². The van der Waals surface area contributed by atoms with Crippen LogP contribution in [0.15, 0.2) is 0 Å². The summed E-state index contributed by atoms with van der Waals surface area (Å²) in [7, 11) is 0. The zero-order chi connectivity index (χ0) is 72.9. The molecule has 0 fully saturated rings. The van der Waals surface area contributed by atoms with Gasteiger partial charge in [-0.2, -0.15) is 0 Å². The standard InChI is InChI=1S/C74H152N4O19/c1-67(2,3)28-29-75-66(79)27-39-80-33-24-25-38-97-72(16,17)65-76(30-40-85-47-43-81-34-22-23-35-82-45-50-91-59-62-94-69(7,8)9)73(18,19)78(32-42-87-48-44-83-36-26-37-84-46-51-92-60-63-95-70(10,11)12)74(20,21)77(68(4,5)6)31-41-86-49-52-88-53-54-89-55-56-90-57-58-93-61-64-96-71(13,14)15/h22-65H2,1-21H3,(H,75,79). The molecule has 0 aliphatic rings. The topological polar surface area (TPSA) is 205 Å². The molecular weight excluding hydrogens is 1250 g/mol. The van der Waals surface area contributed by atoms with E-state index in [0.29, 0.717) is 251 Å². The molecule has 0 aromatic heterocycles. The summed E-state index contributed by atoms with van der Waals surface area (Å²) in [6.45, 7) is 65.3. The highest BCUT2D eigenvalue weighted by molar-refractivity contribution is 5.75. The second-order valence-electron chi connectivity index (χ2n) is 31.1. The Kier molecular flexibility index (Phi) is 55.3. The molecule has 23 heteroatoms. The van der Waals surface area contributed by atoms with E-state index in [9.17, 15) is 4.79 Å². The van der Waals surface area contributed by atoms with Gasteiger partial charge in [0.15, 0.2) is 0 Å². The minimum atomic E-state index is -0.570. The van der Waals surface area contributed by atoms with Gasteiger partial charge < -0.3 is 90.6 Å². The Morgan fingerprint density at radius 2 is 0.577 bits per heavy atom. The Morgan fingerprint density at radius 3 is 0.918 bits per heavy atom. The van der Waals surface area contributed by atoms with Gasteiger partial charge >= 0.3 is 0 Å². The van der Waals surface area contributed by atoms with E-state index in [0.717, 1.165) is 38.5 Å². The first-order valence-corrected chi connectivity index (χ1v) is 36.8. The molecule has 97 heavy (non-hydrogen) atoms. The predicted molar refractivity (Wildman–Crippen MR) is 386 cm³/mol. The molecule has 0 unspecified atom stereocenters. The molecule has 0 aromatic rings. The van der Waals surface area contributed by atoms with Crippen molar-refractivity contribution in [2.45, 2.75) is 230 Å². The largest absolute Gasteiger partial charge is 0.381 e. The summed E-state index contributed by atoms with van der Waals surface area (Å²) >= 11 is 0. The molecule has 0 aliphatic carbocycles. The van der Waals surface area contributed by atoms with Crippen LogP contribution in [0.2, 0.25) is 0 Å². The number of nitrogens with zero attached hydrogens (tertiary/aromatic N) is 3. The average Bonchev–Trinajstić information content (AvgIpc) is 0.759. The first-order valence-electron chi connectivity index (χ1n) is 36.8. The Bertz CT molecular complexity index is 1790. The van der Waals surface area contributed by atoms with Gasteiger partial charge in [-0.05, 0) is 169 Å². The Balaban J connectivity index is 6.01. The highest BCUT2D eigenvalue weighted by Crippen LogP contribution is 2.36. The zero-order valence-corrected chi connectivity index (χ0v) is 66.2. The van der Waals surface area contributed by atoms with E-state index in [1.165, 1.54) is 0 Å². The first-order chi connectivity index (χ1) is 45.6. The van der Waals surface area contributed by atoms with Gasteiger partial charge in [0.2, 0.25) is 5.91 Å². The van der Waals surface area contributed by atoms with Crippen molar-refractivity contribution >= 4 is 5.91 Å². The highest BCUT2D eigenvalue weighted by Gasteiger charge is 2.48. The number of unbranched alkanes of at least 4 members (excludes halogenated alkanes) is 2. The van der Waals surface area contributed by atoms with Crippen LogP contribution in [0.4, 0.5) is 0 Å².